The molecule has 0 fully saturated rings. The van der Waals surface area contributed by atoms with Gasteiger partial charge in [0.1, 0.15) is 0 Å². The lowest BCUT2D eigenvalue weighted by atomic mass is 9.59. The van der Waals surface area contributed by atoms with Crippen molar-refractivity contribution >= 4 is 11.9 Å². The molecule has 4 aromatic rings. The van der Waals surface area contributed by atoms with Crippen molar-refractivity contribution in [2.24, 2.45) is 11.8 Å². The number of hydrogen-bond donors (Lipinski definition) is 0. The van der Waals surface area contributed by atoms with Gasteiger partial charge in [-0.1, -0.05) is 97.1 Å². The molecule has 6 aliphatic carbocycles. The van der Waals surface area contributed by atoms with Gasteiger partial charge in [0.15, 0.2) is 0 Å². The molecule has 0 spiro atoms. The maximum absolute atomic E-state index is 13.5. The Balaban J connectivity index is 1.06. The van der Waals surface area contributed by atoms with Crippen LogP contribution in [0.25, 0.3) is 0 Å². The van der Waals surface area contributed by atoms with E-state index in [1.165, 1.54) is 44.5 Å². The van der Waals surface area contributed by atoms with E-state index < -0.39 is 11.9 Å². The van der Waals surface area contributed by atoms with Crippen LogP contribution < -0.4 is 0 Å². The van der Waals surface area contributed by atoms with Gasteiger partial charge in [-0.05, 0) is 57.3 Å². The van der Waals surface area contributed by atoms with E-state index in [-0.39, 0.29) is 35.5 Å². The number of hydrogen-bond acceptors (Lipinski definition) is 4. The Labute approximate surface area is 221 Å². The predicted octanol–water partition coefficient (Wildman–Crippen LogP) is 6.58. The van der Waals surface area contributed by atoms with Gasteiger partial charge in [-0.25, -0.2) is 19.4 Å². The van der Waals surface area contributed by atoms with Gasteiger partial charge in [0.2, 0.25) is 0 Å². The van der Waals surface area contributed by atoms with Gasteiger partial charge in [0.25, 0.3) is 0 Å². The van der Waals surface area contributed by atoms with E-state index in [4.69, 9.17) is 9.78 Å². The highest BCUT2D eigenvalue weighted by Crippen LogP contribution is 2.57. The molecule has 0 radical (unpaired) electrons. The summed E-state index contributed by atoms with van der Waals surface area (Å²) >= 11 is 0. The molecule has 0 N–H and O–H groups in total. The van der Waals surface area contributed by atoms with Gasteiger partial charge < -0.3 is 0 Å². The molecule has 0 aromatic heterocycles. The summed E-state index contributed by atoms with van der Waals surface area (Å²) in [6.07, 6.45) is 1.31. The largest absolute Gasteiger partial charge is 0.359 e. The van der Waals surface area contributed by atoms with E-state index >= 15 is 0 Å². The molecule has 0 heterocycles. The Bertz CT molecular complexity index is 1400. The van der Waals surface area contributed by atoms with Crippen LogP contribution in [-0.2, 0) is 19.4 Å². The van der Waals surface area contributed by atoms with Crippen molar-refractivity contribution in [3.05, 3.63) is 142 Å². The van der Waals surface area contributed by atoms with E-state index in [1.807, 2.05) is 24.3 Å². The molecule has 4 heteroatoms. The number of rotatable bonds is 2. The van der Waals surface area contributed by atoms with E-state index in [1.54, 1.807) is 0 Å². The maximum Gasteiger partial charge on any atom is 0.359 e. The molecule has 0 unspecified atom stereocenters. The first-order valence-corrected chi connectivity index (χ1v) is 13.5. The molecule has 0 aliphatic heterocycles. The highest BCUT2D eigenvalue weighted by molar-refractivity contribution is 5.81. The summed E-state index contributed by atoms with van der Waals surface area (Å²) < 4.78 is 0. The van der Waals surface area contributed by atoms with Crippen molar-refractivity contribution in [3.8, 4) is 0 Å². The fraction of sp³-hybridized carbons (Fsp3) is 0.235. The number of fused-ring (bicyclic) bond motifs is 2. The van der Waals surface area contributed by atoms with Gasteiger partial charge in [-0.2, -0.15) is 0 Å². The third-order valence-corrected chi connectivity index (χ3v) is 9.42. The lowest BCUT2D eigenvalue weighted by Gasteiger charge is -2.44. The third kappa shape index (κ3) is 2.97. The standard InChI is InChI=1S/C34H26O4/c35-33(29-17-27-19-9-1-5-13-23(19)31(29)24-14-6-2-10-20(24)27)37-38-34(36)30-18-28-21-11-3-7-15-25(21)32(30)26-16-8-4-12-22(26)28/h1-16,27-32H,17-18H2/t27?,28?,29-,30-,31?,32?/m0/s1. The molecule has 4 bridgehead atoms. The molecule has 0 amide bonds. The minimum absolute atomic E-state index is 0.0944. The van der Waals surface area contributed by atoms with Crippen molar-refractivity contribution in [1.29, 1.82) is 0 Å². The molecule has 38 heavy (non-hydrogen) atoms. The molecular formula is C34H26O4. The minimum atomic E-state index is -0.459. The Kier molecular flexibility index (Phi) is 4.69. The minimum Gasteiger partial charge on any atom is -0.247 e. The number of carbonyl (C=O) groups excluding carboxylic acids is 2. The van der Waals surface area contributed by atoms with E-state index in [0.717, 1.165) is 0 Å². The first kappa shape index (κ1) is 21.9. The summed E-state index contributed by atoms with van der Waals surface area (Å²) in [4.78, 5) is 37.7. The summed E-state index contributed by atoms with van der Waals surface area (Å²) in [5, 5.41) is 0. The van der Waals surface area contributed by atoms with Crippen LogP contribution in [0.4, 0.5) is 0 Å². The fourth-order valence-corrected chi connectivity index (χ4v) is 7.94. The van der Waals surface area contributed by atoms with Crippen molar-refractivity contribution < 1.29 is 19.4 Å². The lowest BCUT2D eigenvalue weighted by Crippen LogP contribution is -2.39. The molecule has 6 aliphatic rings. The second kappa shape index (κ2) is 8.16. The van der Waals surface area contributed by atoms with E-state index in [0.29, 0.717) is 12.8 Å². The topological polar surface area (TPSA) is 52.6 Å². The second-order valence-electron chi connectivity index (χ2n) is 11.1. The molecule has 4 aromatic carbocycles. The van der Waals surface area contributed by atoms with Crippen LogP contribution in [0.15, 0.2) is 97.1 Å². The fourth-order valence-electron chi connectivity index (χ4n) is 7.94. The molecule has 186 valence electrons. The molecule has 0 saturated carbocycles. The average Bonchev–Trinajstić information content (AvgIpc) is 2.99. The summed E-state index contributed by atoms with van der Waals surface area (Å²) in [5.74, 6) is -1.60. The van der Waals surface area contributed by atoms with Crippen molar-refractivity contribution in [1.82, 2.24) is 0 Å². The molecule has 10 rings (SSSR count). The smallest absolute Gasteiger partial charge is 0.247 e. The van der Waals surface area contributed by atoms with Crippen LogP contribution in [0.1, 0.15) is 81.0 Å². The molecular weight excluding hydrogens is 472 g/mol. The summed E-state index contributed by atoms with van der Waals surface area (Å²) in [5.41, 5.74) is 9.84. The predicted molar refractivity (Wildman–Crippen MR) is 142 cm³/mol. The quantitative estimate of drug-likeness (QED) is 0.231. The van der Waals surface area contributed by atoms with Gasteiger partial charge in [0.05, 0.1) is 11.8 Å². The Morgan fingerprint density at radius 2 is 0.711 bits per heavy atom. The first-order valence-electron chi connectivity index (χ1n) is 13.5. The van der Waals surface area contributed by atoms with Crippen molar-refractivity contribution in [3.63, 3.8) is 0 Å². The first-order chi connectivity index (χ1) is 18.7. The Morgan fingerprint density at radius 3 is 1.00 bits per heavy atom. The van der Waals surface area contributed by atoms with Crippen LogP contribution in [-0.4, -0.2) is 11.9 Å². The highest BCUT2D eigenvalue weighted by Gasteiger charge is 2.49. The average molecular weight is 499 g/mol. The summed E-state index contributed by atoms with van der Waals surface area (Å²) in [6, 6.07) is 33.5. The van der Waals surface area contributed by atoms with Crippen LogP contribution in [0.3, 0.4) is 0 Å². The number of benzene rings is 4. The van der Waals surface area contributed by atoms with Crippen LogP contribution in [0.2, 0.25) is 0 Å². The monoisotopic (exact) mass is 498 g/mol. The zero-order valence-corrected chi connectivity index (χ0v) is 20.7. The van der Waals surface area contributed by atoms with Gasteiger partial charge in [0, 0.05) is 23.7 Å². The SMILES string of the molecule is O=C(OOC(=O)[C@H]1CC2c3ccccc3C1c1ccccc12)[C@H]1CC2c3ccccc3C1c1ccccc12. The molecule has 0 saturated heterocycles. The summed E-state index contributed by atoms with van der Waals surface area (Å²) in [6.45, 7) is 0. The van der Waals surface area contributed by atoms with Crippen molar-refractivity contribution in [2.75, 3.05) is 0 Å². The third-order valence-electron chi connectivity index (χ3n) is 9.42. The van der Waals surface area contributed by atoms with Crippen LogP contribution in [0, 0.1) is 11.8 Å². The molecule has 4 nitrogen and oxygen atoms in total. The normalized spacial score (nSPS) is 26.9. The number of carbonyl (C=O) groups is 2. The van der Waals surface area contributed by atoms with Gasteiger partial charge >= 0.3 is 11.9 Å². The van der Waals surface area contributed by atoms with Crippen LogP contribution >= 0.6 is 0 Å². The highest BCUT2D eigenvalue weighted by atomic mass is 17.2. The molecule has 2 atom stereocenters. The second-order valence-corrected chi connectivity index (χ2v) is 11.1. The van der Waals surface area contributed by atoms with Crippen molar-refractivity contribution in [2.45, 2.75) is 36.5 Å². The van der Waals surface area contributed by atoms with Gasteiger partial charge in [-0.15, -0.1) is 0 Å². The van der Waals surface area contributed by atoms with E-state index in [9.17, 15) is 9.59 Å². The maximum atomic E-state index is 13.5. The Morgan fingerprint density at radius 1 is 0.447 bits per heavy atom. The zero-order chi connectivity index (χ0) is 25.4. The van der Waals surface area contributed by atoms with Crippen LogP contribution in [0.5, 0.6) is 0 Å². The lowest BCUT2D eigenvalue weighted by molar-refractivity contribution is -0.266. The Hall–Kier alpha value is -4.18. The zero-order valence-electron chi connectivity index (χ0n) is 20.7. The summed E-state index contributed by atoms with van der Waals surface area (Å²) in [7, 11) is 0. The van der Waals surface area contributed by atoms with Gasteiger partial charge in [-0.3, -0.25) is 0 Å². The van der Waals surface area contributed by atoms with E-state index in [2.05, 4.69) is 72.8 Å².